The molecule has 0 heterocycles. The van der Waals surface area contributed by atoms with E-state index in [1.807, 2.05) is 0 Å². The highest BCUT2D eigenvalue weighted by Gasteiger charge is 2.08. The lowest BCUT2D eigenvalue weighted by atomic mass is 10.2. The zero-order valence-corrected chi connectivity index (χ0v) is 10.9. The Morgan fingerprint density at radius 2 is 1.83 bits per heavy atom. The van der Waals surface area contributed by atoms with Crippen LogP contribution in [0.2, 0.25) is 0 Å². The first kappa shape index (κ1) is 12.8. The van der Waals surface area contributed by atoms with Crippen molar-refractivity contribution in [2.75, 3.05) is 5.73 Å². The van der Waals surface area contributed by atoms with Gasteiger partial charge in [-0.1, -0.05) is 18.2 Å². The van der Waals surface area contributed by atoms with E-state index in [4.69, 9.17) is 10.5 Å². The minimum absolute atomic E-state index is 0.00204. The Kier molecular flexibility index (Phi) is 3.81. The fourth-order valence-electron chi connectivity index (χ4n) is 1.44. The third kappa shape index (κ3) is 2.79. The van der Waals surface area contributed by atoms with Gasteiger partial charge in [0.05, 0.1) is 10.2 Å². The van der Waals surface area contributed by atoms with Gasteiger partial charge in [-0.25, -0.2) is 8.78 Å². The van der Waals surface area contributed by atoms with Crippen LogP contribution in [0.5, 0.6) is 5.75 Å². The molecule has 0 amide bonds. The van der Waals surface area contributed by atoms with Gasteiger partial charge in [-0.15, -0.1) is 0 Å². The molecule has 18 heavy (non-hydrogen) atoms. The second-order valence-corrected chi connectivity index (χ2v) is 4.54. The zero-order valence-electron chi connectivity index (χ0n) is 9.29. The lowest BCUT2D eigenvalue weighted by Crippen LogP contribution is -2.01. The Hall–Kier alpha value is -1.62. The third-order valence-electron chi connectivity index (χ3n) is 2.39. The molecule has 0 spiro atoms. The number of rotatable bonds is 3. The van der Waals surface area contributed by atoms with E-state index in [0.29, 0.717) is 11.3 Å². The highest BCUT2D eigenvalue weighted by atomic mass is 79.9. The highest BCUT2D eigenvalue weighted by Crippen LogP contribution is 2.29. The van der Waals surface area contributed by atoms with Crippen molar-refractivity contribution in [2.24, 2.45) is 0 Å². The van der Waals surface area contributed by atoms with Crippen LogP contribution in [0.3, 0.4) is 0 Å². The molecule has 0 aliphatic heterocycles. The molecule has 0 aromatic heterocycles. The predicted octanol–water partition coefficient (Wildman–Crippen LogP) is 3.89. The van der Waals surface area contributed by atoms with Crippen LogP contribution in [0.25, 0.3) is 0 Å². The molecule has 0 fully saturated rings. The minimum atomic E-state index is -0.479. The summed E-state index contributed by atoms with van der Waals surface area (Å²) in [6, 6.07) is 8.80. The molecule has 0 unspecified atom stereocenters. The summed E-state index contributed by atoms with van der Waals surface area (Å²) in [7, 11) is 0. The fourth-order valence-corrected chi connectivity index (χ4v) is 1.80. The maximum Gasteiger partial charge on any atom is 0.145 e. The number of nitrogen functional groups attached to an aromatic ring is 1. The van der Waals surface area contributed by atoms with Crippen molar-refractivity contribution >= 4 is 21.6 Å². The molecule has 94 valence electrons. The molecule has 0 bridgehead atoms. The Bertz CT molecular complexity index is 575. The first-order valence-electron chi connectivity index (χ1n) is 5.18. The summed E-state index contributed by atoms with van der Waals surface area (Å²) >= 11 is 3.02. The van der Waals surface area contributed by atoms with E-state index >= 15 is 0 Å². The molecule has 2 aromatic rings. The van der Waals surface area contributed by atoms with Crippen LogP contribution < -0.4 is 10.5 Å². The second kappa shape index (κ2) is 5.35. The van der Waals surface area contributed by atoms with E-state index in [1.54, 1.807) is 18.2 Å². The average Bonchev–Trinajstić information content (AvgIpc) is 2.34. The molecule has 2 aromatic carbocycles. The molecule has 2 nitrogen and oxygen atoms in total. The molecule has 0 aliphatic carbocycles. The Labute approximate surface area is 112 Å². The van der Waals surface area contributed by atoms with Gasteiger partial charge in [-0.05, 0) is 28.1 Å². The Morgan fingerprint density at radius 3 is 2.56 bits per heavy atom. The minimum Gasteiger partial charge on any atom is -0.487 e. The maximum absolute atomic E-state index is 13.3. The van der Waals surface area contributed by atoms with Crippen LogP contribution in [-0.2, 0) is 6.61 Å². The van der Waals surface area contributed by atoms with Crippen molar-refractivity contribution in [3.8, 4) is 5.75 Å². The first-order valence-corrected chi connectivity index (χ1v) is 5.98. The third-order valence-corrected chi connectivity index (χ3v) is 3.00. The van der Waals surface area contributed by atoms with Crippen LogP contribution in [0.1, 0.15) is 5.56 Å². The fraction of sp³-hybridized carbons (Fsp3) is 0.0769. The standard InChI is InChI=1S/C13H10BrF2NO/c14-9-5-12(17)13(6-11(9)16)18-7-8-3-1-2-4-10(8)15/h1-6H,7,17H2. The zero-order chi connectivity index (χ0) is 13.1. The molecular weight excluding hydrogens is 304 g/mol. The number of benzene rings is 2. The van der Waals surface area contributed by atoms with Gasteiger partial charge in [-0.3, -0.25) is 0 Å². The van der Waals surface area contributed by atoms with E-state index in [2.05, 4.69) is 15.9 Å². The molecule has 0 atom stereocenters. The summed E-state index contributed by atoms with van der Waals surface area (Å²) in [5.74, 6) is -0.652. The molecule has 0 saturated carbocycles. The van der Waals surface area contributed by atoms with Gasteiger partial charge in [0.1, 0.15) is 24.0 Å². The number of hydrogen-bond acceptors (Lipinski definition) is 2. The van der Waals surface area contributed by atoms with Crippen molar-refractivity contribution in [1.29, 1.82) is 0 Å². The van der Waals surface area contributed by atoms with Crippen LogP contribution in [-0.4, -0.2) is 0 Å². The Balaban J connectivity index is 2.16. The summed E-state index contributed by atoms with van der Waals surface area (Å²) < 4.78 is 32.2. The van der Waals surface area contributed by atoms with Crippen molar-refractivity contribution in [1.82, 2.24) is 0 Å². The van der Waals surface area contributed by atoms with E-state index in [1.165, 1.54) is 18.2 Å². The first-order chi connectivity index (χ1) is 8.58. The molecule has 2 rings (SSSR count). The van der Waals surface area contributed by atoms with Gasteiger partial charge in [0.15, 0.2) is 0 Å². The SMILES string of the molecule is Nc1cc(Br)c(F)cc1OCc1ccccc1F. The van der Waals surface area contributed by atoms with Gasteiger partial charge < -0.3 is 10.5 Å². The van der Waals surface area contributed by atoms with Gasteiger partial charge in [0.2, 0.25) is 0 Å². The van der Waals surface area contributed by atoms with Gasteiger partial charge in [-0.2, -0.15) is 0 Å². The average molecular weight is 314 g/mol. The van der Waals surface area contributed by atoms with Crippen molar-refractivity contribution in [2.45, 2.75) is 6.61 Å². The molecular formula is C13H10BrF2NO. The number of ether oxygens (including phenoxy) is 1. The number of nitrogens with two attached hydrogens (primary N) is 1. The lowest BCUT2D eigenvalue weighted by molar-refractivity contribution is 0.300. The van der Waals surface area contributed by atoms with Crippen LogP contribution in [0.4, 0.5) is 14.5 Å². The van der Waals surface area contributed by atoms with Gasteiger partial charge >= 0.3 is 0 Å². The summed E-state index contributed by atoms with van der Waals surface area (Å²) in [5, 5.41) is 0. The quantitative estimate of drug-likeness (QED) is 0.873. The number of anilines is 1. The molecule has 2 N–H and O–H groups in total. The van der Waals surface area contributed by atoms with E-state index < -0.39 is 5.82 Å². The van der Waals surface area contributed by atoms with E-state index in [-0.39, 0.29) is 22.6 Å². The number of hydrogen-bond donors (Lipinski definition) is 1. The van der Waals surface area contributed by atoms with Gasteiger partial charge in [0, 0.05) is 11.6 Å². The van der Waals surface area contributed by atoms with E-state index in [9.17, 15) is 8.78 Å². The smallest absolute Gasteiger partial charge is 0.145 e. The summed E-state index contributed by atoms with van der Waals surface area (Å²) in [6.45, 7) is -0.00204. The molecule has 0 saturated heterocycles. The summed E-state index contributed by atoms with van der Waals surface area (Å²) in [6.07, 6.45) is 0. The van der Waals surface area contributed by atoms with Crippen LogP contribution in [0.15, 0.2) is 40.9 Å². The van der Waals surface area contributed by atoms with E-state index in [0.717, 1.165) is 0 Å². The van der Waals surface area contributed by atoms with Crippen molar-refractivity contribution in [3.05, 3.63) is 58.1 Å². The largest absolute Gasteiger partial charge is 0.487 e. The van der Waals surface area contributed by atoms with Crippen LogP contribution in [0, 0.1) is 11.6 Å². The summed E-state index contributed by atoms with van der Waals surface area (Å²) in [4.78, 5) is 0. The van der Waals surface area contributed by atoms with Gasteiger partial charge in [0.25, 0.3) is 0 Å². The number of halogens is 3. The predicted molar refractivity (Wildman–Crippen MR) is 69.2 cm³/mol. The highest BCUT2D eigenvalue weighted by molar-refractivity contribution is 9.10. The van der Waals surface area contributed by atoms with Crippen molar-refractivity contribution < 1.29 is 13.5 Å². The second-order valence-electron chi connectivity index (χ2n) is 3.68. The molecule has 5 heteroatoms. The summed E-state index contributed by atoms with van der Waals surface area (Å²) in [5.41, 5.74) is 6.36. The normalized spacial score (nSPS) is 10.4. The molecule has 0 aliphatic rings. The molecule has 0 radical (unpaired) electrons. The Morgan fingerprint density at radius 1 is 1.11 bits per heavy atom. The monoisotopic (exact) mass is 313 g/mol. The topological polar surface area (TPSA) is 35.2 Å². The van der Waals surface area contributed by atoms with Crippen LogP contribution >= 0.6 is 15.9 Å². The van der Waals surface area contributed by atoms with Crippen molar-refractivity contribution in [3.63, 3.8) is 0 Å². The lowest BCUT2D eigenvalue weighted by Gasteiger charge is -2.10. The maximum atomic E-state index is 13.3.